The van der Waals surface area contributed by atoms with E-state index in [9.17, 15) is 4.79 Å². The van der Waals surface area contributed by atoms with E-state index in [-0.39, 0.29) is 5.91 Å². The first-order valence-corrected chi connectivity index (χ1v) is 7.26. The molecule has 104 valence electrons. The van der Waals surface area contributed by atoms with Gasteiger partial charge >= 0.3 is 0 Å². The first kappa shape index (κ1) is 14.5. The Morgan fingerprint density at radius 2 is 2.05 bits per heavy atom. The highest BCUT2D eigenvalue weighted by Gasteiger charge is 2.13. The number of benzene rings is 1. The van der Waals surface area contributed by atoms with E-state index in [2.05, 4.69) is 38.5 Å². The van der Waals surface area contributed by atoms with E-state index in [1.165, 1.54) is 0 Å². The predicted octanol–water partition coefficient (Wildman–Crippen LogP) is 3.92. The van der Waals surface area contributed by atoms with Crippen molar-refractivity contribution in [1.82, 2.24) is 4.98 Å². The molecule has 0 atom stereocenters. The summed E-state index contributed by atoms with van der Waals surface area (Å²) in [7, 11) is 0. The number of para-hydroxylation sites is 1. The van der Waals surface area contributed by atoms with Gasteiger partial charge in [-0.3, -0.25) is 4.79 Å². The quantitative estimate of drug-likeness (QED) is 0.871. The van der Waals surface area contributed by atoms with Gasteiger partial charge in [-0.2, -0.15) is 0 Å². The average molecular weight is 334 g/mol. The minimum atomic E-state index is -0.177. The van der Waals surface area contributed by atoms with Gasteiger partial charge in [0.1, 0.15) is 5.82 Å². The SMILES string of the molecule is CCCNc1ncc(Br)cc1C(=O)Nc1ccccc1. The van der Waals surface area contributed by atoms with Crippen LogP contribution in [0.4, 0.5) is 11.5 Å². The maximum atomic E-state index is 12.3. The number of nitrogens with one attached hydrogen (secondary N) is 2. The highest BCUT2D eigenvalue weighted by Crippen LogP contribution is 2.19. The molecule has 1 heterocycles. The van der Waals surface area contributed by atoms with Crippen LogP contribution in [-0.2, 0) is 0 Å². The van der Waals surface area contributed by atoms with Gasteiger partial charge in [0.2, 0.25) is 0 Å². The smallest absolute Gasteiger partial charge is 0.259 e. The number of aromatic nitrogens is 1. The number of carbonyl (C=O) groups is 1. The maximum absolute atomic E-state index is 12.3. The fourth-order valence-electron chi connectivity index (χ4n) is 1.72. The first-order chi connectivity index (χ1) is 9.70. The zero-order valence-electron chi connectivity index (χ0n) is 11.2. The van der Waals surface area contributed by atoms with Crippen LogP contribution in [0.5, 0.6) is 0 Å². The second-order valence-electron chi connectivity index (χ2n) is 4.30. The zero-order valence-corrected chi connectivity index (χ0v) is 12.8. The Hall–Kier alpha value is -1.88. The molecular weight excluding hydrogens is 318 g/mol. The van der Waals surface area contributed by atoms with E-state index in [4.69, 9.17) is 0 Å². The molecule has 4 nitrogen and oxygen atoms in total. The molecule has 1 amide bonds. The van der Waals surface area contributed by atoms with Gasteiger partial charge in [0.05, 0.1) is 5.56 Å². The Morgan fingerprint density at radius 3 is 2.75 bits per heavy atom. The van der Waals surface area contributed by atoms with Crippen LogP contribution in [0.1, 0.15) is 23.7 Å². The second-order valence-corrected chi connectivity index (χ2v) is 5.21. The van der Waals surface area contributed by atoms with Crippen molar-refractivity contribution < 1.29 is 4.79 Å². The molecule has 0 aliphatic carbocycles. The van der Waals surface area contributed by atoms with Crippen molar-refractivity contribution in [2.45, 2.75) is 13.3 Å². The maximum Gasteiger partial charge on any atom is 0.259 e. The van der Waals surface area contributed by atoms with Gasteiger partial charge in [-0.1, -0.05) is 25.1 Å². The Kier molecular flexibility index (Phi) is 5.12. The molecule has 0 radical (unpaired) electrons. The van der Waals surface area contributed by atoms with Crippen LogP contribution < -0.4 is 10.6 Å². The molecule has 1 aromatic heterocycles. The van der Waals surface area contributed by atoms with Gasteiger partial charge in [0.15, 0.2) is 0 Å². The summed E-state index contributed by atoms with van der Waals surface area (Å²) in [5.41, 5.74) is 1.29. The number of hydrogen-bond acceptors (Lipinski definition) is 3. The van der Waals surface area contributed by atoms with Crippen molar-refractivity contribution in [1.29, 1.82) is 0 Å². The summed E-state index contributed by atoms with van der Waals surface area (Å²) in [5, 5.41) is 6.03. The third-order valence-electron chi connectivity index (χ3n) is 2.67. The van der Waals surface area contributed by atoms with Crippen LogP contribution in [0.15, 0.2) is 47.1 Å². The van der Waals surface area contributed by atoms with Crippen LogP contribution in [-0.4, -0.2) is 17.4 Å². The van der Waals surface area contributed by atoms with Gasteiger partial charge in [-0.25, -0.2) is 4.98 Å². The molecule has 0 fully saturated rings. The number of pyridine rings is 1. The molecular formula is C15H16BrN3O. The van der Waals surface area contributed by atoms with Gasteiger partial charge in [-0.15, -0.1) is 0 Å². The minimum absolute atomic E-state index is 0.177. The fourth-order valence-corrected chi connectivity index (χ4v) is 2.05. The molecule has 0 saturated heterocycles. The van der Waals surface area contributed by atoms with Gasteiger partial charge in [-0.05, 0) is 40.5 Å². The number of anilines is 2. The van der Waals surface area contributed by atoms with Gasteiger partial charge in [0, 0.05) is 22.9 Å². The molecule has 2 aromatic rings. The molecule has 1 aromatic carbocycles. The first-order valence-electron chi connectivity index (χ1n) is 6.46. The fraction of sp³-hybridized carbons (Fsp3) is 0.200. The summed E-state index contributed by atoms with van der Waals surface area (Å²) in [6, 6.07) is 11.1. The number of carbonyl (C=O) groups excluding carboxylic acids is 1. The number of halogens is 1. The molecule has 0 aliphatic rings. The lowest BCUT2D eigenvalue weighted by Crippen LogP contribution is -2.16. The summed E-state index contributed by atoms with van der Waals surface area (Å²) in [5.74, 6) is 0.423. The summed E-state index contributed by atoms with van der Waals surface area (Å²) in [6.07, 6.45) is 2.65. The lowest BCUT2D eigenvalue weighted by atomic mass is 10.2. The van der Waals surface area contributed by atoms with Crippen molar-refractivity contribution in [2.75, 3.05) is 17.2 Å². The summed E-state index contributed by atoms with van der Waals surface area (Å²) in [4.78, 5) is 16.6. The molecule has 0 saturated carbocycles. The van der Waals surface area contributed by atoms with E-state index in [1.807, 2.05) is 30.3 Å². The van der Waals surface area contributed by atoms with Crippen molar-refractivity contribution >= 4 is 33.3 Å². The highest BCUT2D eigenvalue weighted by atomic mass is 79.9. The van der Waals surface area contributed by atoms with Crippen LogP contribution in [0, 0.1) is 0 Å². The molecule has 0 bridgehead atoms. The summed E-state index contributed by atoms with van der Waals surface area (Å²) < 4.78 is 0.776. The lowest BCUT2D eigenvalue weighted by Gasteiger charge is -2.11. The number of rotatable bonds is 5. The lowest BCUT2D eigenvalue weighted by molar-refractivity contribution is 0.102. The van der Waals surface area contributed by atoms with E-state index in [0.29, 0.717) is 11.4 Å². The normalized spacial score (nSPS) is 10.1. The van der Waals surface area contributed by atoms with Crippen LogP contribution in [0.25, 0.3) is 0 Å². The highest BCUT2D eigenvalue weighted by molar-refractivity contribution is 9.10. The van der Waals surface area contributed by atoms with E-state index < -0.39 is 0 Å². The molecule has 0 unspecified atom stereocenters. The Morgan fingerprint density at radius 1 is 1.30 bits per heavy atom. The molecule has 20 heavy (non-hydrogen) atoms. The van der Waals surface area contributed by atoms with E-state index >= 15 is 0 Å². The van der Waals surface area contributed by atoms with E-state index in [0.717, 1.165) is 23.1 Å². The van der Waals surface area contributed by atoms with Gasteiger partial charge in [0.25, 0.3) is 5.91 Å². The Balaban J connectivity index is 2.21. The molecule has 5 heteroatoms. The van der Waals surface area contributed by atoms with Crippen molar-refractivity contribution in [3.63, 3.8) is 0 Å². The van der Waals surface area contributed by atoms with Crippen LogP contribution in [0.2, 0.25) is 0 Å². The van der Waals surface area contributed by atoms with Crippen molar-refractivity contribution in [3.8, 4) is 0 Å². The van der Waals surface area contributed by atoms with Crippen LogP contribution >= 0.6 is 15.9 Å². The standard InChI is InChI=1S/C15H16BrN3O/c1-2-8-17-14-13(9-11(16)10-18-14)15(20)19-12-6-4-3-5-7-12/h3-7,9-10H,2,8H2,1H3,(H,17,18)(H,19,20). The summed E-state index contributed by atoms with van der Waals surface area (Å²) >= 11 is 3.35. The summed E-state index contributed by atoms with van der Waals surface area (Å²) in [6.45, 7) is 2.84. The number of hydrogen-bond donors (Lipinski definition) is 2. The topological polar surface area (TPSA) is 54.0 Å². The number of amides is 1. The Labute approximate surface area is 126 Å². The van der Waals surface area contributed by atoms with Gasteiger partial charge < -0.3 is 10.6 Å². The third-order valence-corrected chi connectivity index (χ3v) is 3.11. The molecule has 0 aliphatic heterocycles. The molecule has 2 N–H and O–H groups in total. The van der Waals surface area contributed by atoms with E-state index in [1.54, 1.807) is 12.3 Å². The largest absolute Gasteiger partial charge is 0.369 e. The molecule has 0 spiro atoms. The average Bonchev–Trinajstić information content (AvgIpc) is 2.47. The van der Waals surface area contributed by atoms with Crippen LogP contribution in [0.3, 0.4) is 0 Å². The monoisotopic (exact) mass is 333 g/mol. The van der Waals surface area contributed by atoms with Crippen molar-refractivity contribution in [2.24, 2.45) is 0 Å². The van der Waals surface area contributed by atoms with Crippen molar-refractivity contribution in [3.05, 3.63) is 52.6 Å². The Bertz CT molecular complexity index is 587. The second kappa shape index (κ2) is 7.05. The predicted molar refractivity (Wildman–Crippen MR) is 85.1 cm³/mol. The molecule has 2 rings (SSSR count). The third kappa shape index (κ3) is 3.81. The minimum Gasteiger partial charge on any atom is -0.369 e. The number of nitrogens with zero attached hydrogens (tertiary/aromatic N) is 1. The zero-order chi connectivity index (χ0) is 14.4.